The topological polar surface area (TPSA) is 6.48 Å². The van der Waals surface area contributed by atoms with Gasteiger partial charge in [0.1, 0.15) is 0 Å². The highest BCUT2D eigenvalue weighted by atomic mass is 15.1. The maximum atomic E-state index is 2.41. The molecule has 26 aromatic carbocycles. The van der Waals surface area contributed by atoms with Gasteiger partial charge >= 0.3 is 0 Å². The van der Waals surface area contributed by atoms with E-state index in [1.807, 2.05) is 0 Å². The predicted molar refractivity (Wildman–Crippen MR) is 639 cm³/mol. The quantitative estimate of drug-likeness (QED) is 0.0624. The summed E-state index contributed by atoms with van der Waals surface area (Å²) >= 11 is 0. The molecule has 0 amide bonds. The molecule has 0 bridgehead atoms. The lowest BCUT2D eigenvalue weighted by molar-refractivity contribution is 1.28. The number of fused-ring (bicyclic) bond motifs is 6. The van der Waals surface area contributed by atoms with Crippen LogP contribution in [0.25, 0.3) is 221 Å². The van der Waals surface area contributed by atoms with Crippen LogP contribution in [0.2, 0.25) is 0 Å². The Morgan fingerprint density at radius 3 is 0.440 bits per heavy atom. The molecule has 0 N–H and O–H groups in total. The van der Waals surface area contributed by atoms with E-state index in [1.54, 1.807) is 0 Å². The first-order valence-electron chi connectivity index (χ1n) is 51.6. The minimum Gasteiger partial charge on any atom is -0.311 e. The highest BCUT2D eigenvalue weighted by molar-refractivity contribution is 6.16. The van der Waals surface area contributed by atoms with Gasteiger partial charge in [-0.25, -0.2) is 0 Å². The summed E-state index contributed by atoms with van der Waals surface area (Å²) in [6.45, 7) is 0. The molecule has 704 valence electrons. The smallest absolute Gasteiger partial charge is 0.0462 e. The summed E-state index contributed by atoms with van der Waals surface area (Å²) in [4.78, 5) is 4.74. The molecule has 26 aromatic rings. The summed E-state index contributed by atoms with van der Waals surface area (Å²) in [6, 6.07) is 225. The highest BCUT2D eigenvalue weighted by Gasteiger charge is 2.23. The number of anilines is 6. The fourth-order valence-electron chi connectivity index (χ4n) is 21.6. The molecular formula is C148H102N2. The average Bonchev–Trinajstić information content (AvgIpc) is 0.741. The summed E-state index contributed by atoms with van der Waals surface area (Å²) in [5.41, 5.74) is 44.5. The molecule has 2 nitrogen and oxygen atoms in total. The van der Waals surface area contributed by atoms with Crippen LogP contribution in [-0.4, -0.2) is 0 Å². The van der Waals surface area contributed by atoms with E-state index >= 15 is 0 Å². The SMILES string of the molecule is c1ccc(-c2cccc(-c3ccc(N(c4ccc(-c5cccc(-c6ccccc6)c5)cc4)c4ccc(-c5cc(-c6cc7ccccc7c7ccccc67)cc(-c6cc7ccccc7c7ccccc67)c5)cc4)cc3)c2)cc1.c1ccc(-c2cccc(-c3ccc(N(c4ccc(-c5cccc(-c6ccccc6)c5)cc4)c4ccc(-c5cc(-c6cccc(-c7ccccc7)c6)cc(-c6cccc(-c7ccccc7)c6)c5)cc4)cc3)c2)cc1. The Balaban J connectivity index is 0.000000156. The third-order valence-electron chi connectivity index (χ3n) is 29.3. The first kappa shape index (κ1) is 91.6. The monoisotopic (exact) mass is 1910 g/mol. The van der Waals surface area contributed by atoms with Gasteiger partial charge in [-0.1, -0.05) is 461 Å². The van der Waals surface area contributed by atoms with E-state index in [1.165, 1.54) is 199 Å². The molecule has 0 fully saturated rings. The molecule has 0 saturated heterocycles. The largest absolute Gasteiger partial charge is 0.311 e. The molecule has 0 radical (unpaired) electrons. The predicted octanol–water partition coefficient (Wildman–Crippen LogP) is 41.6. The maximum absolute atomic E-state index is 2.41. The minimum absolute atomic E-state index is 1.07. The van der Waals surface area contributed by atoms with E-state index in [9.17, 15) is 0 Å². The van der Waals surface area contributed by atoms with E-state index < -0.39 is 0 Å². The van der Waals surface area contributed by atoms with Gasteiger partial charge in [-0.3, -0.25) is 0 Å². The van der Waals surface area contributed by atoms with Crippen LogP contribution in [0.1, 0.15) is 0 Å². The normalized spacial score (nSPS) is 11.2. The lowest BCUT2D eigenvalue weighted by Gasteiger charge is -2.26. The van der Waals surface area contributed by atoms with Crippen molar-refractivity contribution < 1.29 is 0 Å². The standard InChI is InChI=1S/C76H51N.C72H51N/c1-3-17-52(18-4-1)57-23-15-25-59(45-57)54-33-39-66(40-34-54)77(67-41-35-55(36-42-67)60-26-16-24-58(46-60)53-19-5-2-6-20-53)68-43-37-56(38-44-68)63-47-64(75-50-61-21-7-9-27-69(61)71-29-11-13-31-73(71)75)49-65(48-63)76-51-62-22-8-10-28-70(62)72-30-12-14-32-74(72)76;1-5-17-52(18-6-1)59-25-13-29-63(45-59)56-33-39-70(40-34-56)73(71-41-35-57(36-42-71)64-30-14-26-60(46-64)53-19-7-2-8-20-53)72-43-37-58(38-44-72)67-49-68(65-31-15-27-61(47-65)54-21-9-3-10-22-54)51-69(50-67)66-32-16-28-62(48-66)55-23-11-4-12-24-55/h1-51H;1-51H. The van der Waals surface area contributed by atoms with E-state index in [0.717, 1.165) is 56.4 Å². The first-order valence-corrected chi connectivity index (χ1v) is 51.6. The minimum atomic E-state index is 1.07. The Hall–Kier alpha value is -19.6. The fourth-order valence-corrected chi connectivity index (χ4v) is 21.6. The number of benzene rings is 26. The van der Waals surface area contributed by atoms with Gasteiger partial charge < -0.3 is 9.80 Å². The van der Waals surface area contributed by atoms with Crippen molar-refractivity contribution in [3.05, 3.63) is 619 Å². The number of nitrogens with zero attached hydrogens (tertiary/aromatic N) is 2. The molecule has 0 spiro atoms. The Morgan fingerprint density at radius 1 is 0.0800 bits per heavy atom. The second kappa shape index (κ2) is 41.6. The van der Waals surface area contributed by atoms with Gasteiger partial charge in [0, 0.05) is 34.1 Å². The fraction of sp³-hybridized carbons (Fsp3) is 0. The number of hydrogen-bond acceptors (Lipinski definition) is 2. The van der Waals surface area contributed by atoms with Gasteiger partial charge in [-0.2, -0.15) is 0 Å². The zero-order chi connectivity index (χ0) is 99.8. The van der Waals surface area contributed by atoms with Gasteiger partial charge in [0.2, 0.25) is 0 Å². The van der Waals surface area contributed by atoms with E-state index in [4.69, 9.17) is 0 Å². The van der Waals surface area contributed by atoms with Crippen molar-refractivity contribution in [3.8, 4) is 178 Å². The van der Waals surface area contributed by atoms with Crippen molar-refractivity contribution in [2.75, 3.05) is 9.80 Å². The van der Waals surface area contributed by atoms with Crippen molar-refractivity contribution >= 4 is 77.2 Å². The Labute approximate surface area is 877 Å². The first-order chi connectivity index (χ1) is 74.3. The maximum Gasteiger partial charge on any atom is 0.0462 e. The summed E-state index contributed by atoms with van der Waals surface area (Å²) in [6.07, 6.45) is 0. The lowest BCUT2D eigenvalue weighted by Crippen LogP contribution is -2.09. The summed E-state index contributed by atoms with van der Waals surface area (Å²) < 4.78 is 0. The van der Waals surface area contributed by atoms with Crippen LogP contribution in [0.15, 0.2) is 619 Å². The molecule has 2 heteroatoms. The number of hydrogen-bond donors (Lipinski definition) is 0. The van der Waals surface area contributed by atoms with Crippen LogP contribution in [0.5, 0.6) is 0 Å². The molecule has 0 heterocycles. The van der Waals surface area contributed by atoms with Crippen molar-refractivity contribution in [2.45, 2.75) is 0 Å². The Morgan fingerprint density at radius 2 is 0.220 bits per heavy atom. The van der Waals surface area contributed by atoms with Crippen LogP contribution in [0.3, 0.4) is 0 Å². The third kappa shape index (κ3) is 19.3. The Bertz CT molecular complexity index is 8850. The number of rotatable bonds is 22. The van der Waals surface area contributed by atoms with E-state index in [0.29, 0.717) is 0 Å². The summed E-state index contributed by atoms with van der Waals surface area (Å²) in [5.74, 6) is 0. The molecule has 150 heavy (non-hydrogen) atoms. The molecular weight excluding hydrogens is 1810 g/mol. The lowest BCUT2D eigenvalue weighted by atomic mass is 9.87. The van der Waals surface area contributed by atoms with Crippen LogP contribution in [0.4, 0.5) is 34.1 Å². The molecule has 0 unspecified atom stereocenters. The molecule has 0 aliphatic carbocycles. The van der Waals surface area contributed by atoms with Gasteiger partial charge in [0.15, 0.2) is 0 Å². The van der Waals surface area contributed by atoms with Crippen molar-refractivity contribution in [3.63, 3.8) is 0 Å². The van der Waals surface area contributed by atoms with Gasteiger partial charge in [0.05, 0.1) is 0 Å². The summed E-state index contributed by atoms with van der Waals surface area (Å²) in [7, 11) is 0. The molecule has 0 aromatic heterocycles. The second-order valence-electron chi connectivity index (χ2n) is 38.6. The Kier molecular flexibility index (Phi) is 25.4. The zero-order valence-corrected chi connectivity index (χ0v) is 82.8. The third-order valence-corrected chi connectivity index (χ3v) is 29.3. The van der Waals surface area contributed by atoms with Gasteiger partial charge in [-0.05, 0) is 379 Å². The highest BCUT2D eigenvalue weighted by Crippen LogP contribution is 2.48. The van der Waals surface area contributed by atoms with Crippen molar-refractivity contribution in [1.29, 1.82) is 0 Å². The van der Waals surface area contributed by atoms with Crippen LogP contribution < -0.4 is 9.80 Å². The molecule has 0 aliphatic rings. The molecule has 0 aliphatic heterocycles. The molecule has 0 atom stereocenters. The average molecular weight is 1910 g/mol. The van der Waals surface area contributed by atoms with Crippen molar-refractivity contribution in [2.24, 2.45) is 0 Å². The zero-order valence-electron chi connectivity index (χ0n) is 82.8. The van der Waals surface area contributed by atoms with Gasteiger partial charge in [-0.15, -0.1) is 0 Å². The summed E-state index contributed by atoms with van der Waals surface area (Å²) in [5, 5.41) is 10.0. The van der Waals surface area contributed by atoms with Crippen LogP contribution in [-0.2, 0) is 0 Å². The molecule has 26 rings (SSSR count). The van der Waals surface area contributed by atoms with Gasteiger partial charge in [0.25, 0.3) is 0 Å². The second-order valence-corrected chi connectivity index (χ2v) is 38.6. The van der Waals surface area contributed by atoms with Crippen molar-refractivity contribution in [1.82, 2.24) is 0 Å². The van der Waals surface area contributed by atoms with Crippen LogP contribution >= 0.6 is 0 Å². The van der Waals surface area contributed by atoms with E-state index in [2.05, 4.69) is 629 Å². The van der Waals surface area contributed by atoms with E-state index in [-0.39, 0.29) is 0 Å². The van der Waals surface area contributed by atoms with Crippen LogP contribution in [0, 0.1) is 0 Å². The molecule has 0 saturated carbocycles.